The number of halogens is 2. The summed E-state index contributed by atoms with van der Waals surface area (Å²) in [4.78, 5) is 30.5. The van der Waals surface area contributed by atoms with Crippen molar-refractivity contribution in [2.75, 3.05) is 18.0 Å². The molecule has 4 nitrogen and oxygen atoms in total. The molecule has 26 heavy (non-hydrogen) atoms. The fraction of sp³-hybridized carbons (Fsp3) is 0.263. The Bertz CT molecular complexity index is 902. The Kier molecular flexibility index (Phi) is 4.78. The highest BCUT2D eigenvalue weighted by Gasteiger charge is 2.43. The first kappa shape index (κ1) is 17.6. The normalized spacial score (nSPS) is 18.2. The van der Waals surface area contributed by atoms with E-state index in [2.05, 4.69) is 0 Å². The maximum Gasteiger partial charge on any atom is 0.282 e. The van der Waals surface area contributed by atoms with Gasteiger partial charge in [0.05, 0.1) is 21.3 Å². The lowest BCUT2D eigenvalue weighted by molar-refractivity contribution is -0.120. The van der Waals surface area contributed by atoms with Gasteiger partial charge in [0.15, 0.2) is 0 Å². The van der Waals surface area contributed by atoms with Gasteiger partial charge in [-0.2, -0.15) is 0 Å². The second-order valence-electron chi connectivity index (χ2n) is 6.27. The first-order valence-corrected chi connectivity index (χ1v) is 10.1. The Balaban J connectivity index is 1.84. The number of thiophene rings is 1. The molecule has 0 radical (unpaired) electrons. The quantitative estimate of drug-likeness (QED) is 0.685. The monoisotopic (exact) mass is 406 g/mol. The fourth-order valence-electron chi connectivity index (χ4n) is 3.46. The number of nitrogens with zero attached hydrogens (tertiary/aromatic N) is 2. The van der Waals surface area contributed by atoms with Crippen LogP contribution in [0.4, 0.5) is 5.69 Å². The van der Waals surface area contributed by atoms with Crippen LogP contribution in [0.5, 0.6) is 0 Å². The molecule has 7 heteroatoms. The number of piperidine rings is 1. The maximum atomic E-state index is 13.3. The molecule has 0 unspecified atom stereocenters. The Morgan fingerprint density at radius 1 is 0.923 bits per heavy atom. The van der Waals surface area contributed by atoms with E-state index in [1.54, 1.807) is 18.2 Å². The number of rotatable bonds is 3. The van der Waals surface area contributed by atoms with Gasteiger partial charge in [-0.3, -0.25) is 9.59 Å². The molecule has 0 saturated carbocycles. The average molecular weight is 407 g/mol. The van der Waals surface area contributed by atoms with Gasteiger partial charge in [0, 0.05) is 18.0 Å². The molecular formula is C19H16Cl2N2O2S. The number of anilines is 1. The minimum Gasteiger partial charge on any atom is -0.366 e. The smallest absolute Gasteiger partial charge is 0.282 e. The molecule has 4 rings (SSSR count). The summed E-state index contributed by atoms with van der Waals surface area (Å²) < 4.78 is 0. The number of hydrogen-bond donors (Lipinski definition) is 0. The van der Waals surface area contributed by atoms with Gasteiger partial charge in [0.2, 0.25) is 0 Å². The summed E-state index contributed by atoms with van der Waals surface area (Å²) in [7, 11) is 0. The molecular weight excluding hydrogens is 391 g/mol. The predicted octanol–water partition coefficient (Wildman–Crippen LogP) is 4.83. The molecule has 0 atom stereocenters. The predicted molar refractivity (Wildman–Crippen MR) is 106 cm³/mol. The van der Waals surface area contributed by atoms with Crippen LogP contribution in [-0.4, -0.2) is 29.8 Å². The molecule has 2 aliphatic heterocycles. The molecule has 1 aromatic heterocycles. The summed E-state index contributed by atoms with van der Waals surface area (Å²) in [5.74, 6) is -0.674. The van der Waals surface area contributed by atoms with Gasteiger partial charge in [-0.15, -0.1) is 11.3 Å². The minimum absolute atomic E-state index is 0.210. The minimum atomic E-state index is -0.345. The first-order valence-electron chi connectivity index (χ1n) is 8.45. The van der Waals surface area contributed by atoms with Gasteiger partial charge in [-0.25, -0.2) is 4.90 Å². The molecule has 0 bridgehead atoms. The van der Waals surface area contributed by atoms with E-state index < -0.39 is 0 Å². The van der Waals surface area contributed by atoms with Crippen LogP contribution in [0, 0.1) is 0 Å². The van der Waals surface area contributed by atoms with Crippen molar-refractivity contribution < 1.29 is 9.59 Å². The highest BCUT2D eigenvalue weighted by molar-refractivity contribution is 7.11. The zero-order valence-electron chi connectivity index (χ0n) is 13.9. The zero-order chi connectivity index (χ0) is 18.3. The Morgan fingerprint density at radius 2 is 1.69 bits per heavy atom. The lowest BCUT2D eigenvalue weighted by atomic mass is 10.1. The molecule has 2 aromatic rings. The molecule has 2 amide bonds. The van der Waals surface area contributed by atoms with Crippen LogP contribution < -0.4 is 4.90 Å². The van der Waals surface area contributed by atoms with Crippen LogP contribution >= 0.6 is 34.5 Å². The van der Waals surface area contributed by atoms with E-state index in [0.717, 1.165) is 42.1 Å². The van der Waals surface area contributed by atoms with Crippen molar-refractivity contribution in [3.8, 4) is 0 Å². The molecule has 2 aliphatic rings. The van der Waals surface area contributed by atoms with Crippen molar-refractivity contribution in [3.05, 3.63) is 56.3 Å². The molecule has 0 aliphatic carbocycles. The summed E-state index contributed by atoms with van der Waals surface area (Å²) >= 11 is 13.9. The van der Waals surface area contributed by atoms with Crippen molar-refractivity contribution >= 4 is 57.6 Å². The molecule has 1 aromatic carbocycles. The summed E-state index contributed by atoms with van der Waals surface area (Å²) in [6.45, 7) is 1.56. The second kappa shape index (κ2) is 7.06. The van der Waals surface area contributed by atoms with Gasteiger partial charge in [-0.1, -0.05) is 35.3 Å². The van der Waals surface area contributed by atoms with E-state index >= 15 is 0 Å². The largest absolute Gasteiger partial charge is 0.366 e. The number of likely N-dealkylation sites (tertiary alicyclic amines) is 1. The van der Waals surface area contributed by atoms with E-state index in [9.17, 15) is 9.59 Å². The first-order chi connectivity index (χ1) is 12.6. The van der Waals surface area contributed by atoms with E-state index in [1.807, 2.05) is 22.4 Å². The molecule has 3 heterocycles. The van der Waals surface area contributed by atoms with Crippen LogP contribution in [0.25, 0.3) is 5.57 Å². The lowest BCUT2D eigenvalue weighted by Crippen LogP contribution is -2.37. The van der Waals surface area contributed by atoms with Crippen molar-refractivity contribution in [1.82, 2.24) is 4.90 Å². The number of carbonyl (C=O) groups excluding carboxylic acids is 2. The van der Waals surface area contributed by atoms with Crippen LogP contribution in [0.3, 0.4) is 0 Å². The average Bonchev–Trinajstić information content (AvgIpc) is 3.25. The van der Waals surface area contributed by atoms with Gasteiger partial charge in [0.25, 0.3) is 11.8 Å². The number of amides is 2. The highest BCUT2D eigenvalue weighted by atomic mass is 35.5. The maximum absolute atomic E-state index is 13.3. The molecule has 134 valence electrons. The summed E-state index contributed by atoms with van der Waals surface area (Å²) in [5, 5.41) is 2.43. The van der Waals surface area contributed by atoms with Gasteiger partial charge in [0.1, 0.15) is 5.70 Å². The Labute approximate surface area is 165 Å². The summed E-state index contributed by atoms with van der Waals surface area (Å²) in [6.07, 6.45) is 3.17. The van der Waals surface area contributed by atoms with Crippen molar-refractivity contribution in [2.24, 2.45) is 0 Å². The van der Waals surface area contributed by atoms with Crippen molar-refractivity contribution in [1.29, 1.82) is 0 Å². The standard InChI is InChI=1S/C19H16Cl2N2O2S/c20-12-6-4-7-13(16(12)21)23-18(24)15(14-8-5-11-26-14)17(19(23)25)22-9-2-1-3-10-22/h4-8,11H,1-3,9-10H2. The van der Waals surface area contributed by atoms with E-state index in [-0.39, 0.29) is 16.8 Å². The highest BCUT2D eigenvalue weighted by Crippen LogP contribution is 2.41. The van der Waals surface area contributed by atoms with Crippen molar-refractivity contribution in [2.45, 2.75) is 19.3 Å². The van der Waals surface area contributed by atoms with Crippen LogP contribution in [0.1, 0.15) is 24.1 Å². The third kappa shape index (κ3) is 2.84. The fourth-order valence-corrected chi connectivity index (χ4v) is 4.60. The Morgan fingerprint density at radius 3 is 2.38 bits per heavy atom. The SMILES string of the molecule is O=C1C(c2cccs2)=C(N2CCCCC2)C(=O)N1c1cccc(Cl)c1Cl. The van der Waals surface area contributed by atoms with Crippen molar-refractivity contribution in [3.63, 3.8) is 0 Å². The van der Waals surface area contributed by atoms with Gasteiger partial charge in [-0.05, 0) is 42.8 Å². The second-order valence-corrected chi connectivity index (χ2v) is 8.00. The molecule has 0 spiro atoms. The number of carbonyl (C=O) groups is 2. The van der Waals surface area contributed by atoms with E-state index in [1.165, 1.54) is 11.3 Å². The molecule has 1 fully saturated rings. The Hall–Kier alpha value is -1.82. The topological polar surface area (TPSA) is 40.6 Å². The number of benzene rings is 1. The van der Waals surface area contributed by atoms with Crippen LogP contribution in [-0.2, 0) is 9.59 Å². The zero-order valence-corrected chi connectivity index (χ0v) is 16.2. The van der Waals surface area contributed by atoms with E-state index in [4.69, 9.17) is 23.2 Å². The summed E-state index contributed by atoms with van der Waals surface area (Å²) in [5.41, 5.74) is 1.27. The molecule has 0 N–H and O–H groups in total. The van der Waals surface area contributed by atoms with Gasteiger partial charge < -0.3 is 4.90 Å². The van der Waals surface area contributed by atoms with Crippen LogP contribution in [0.15, 0.2) is 41.4 Å². The molecule has 1 saturated heterocycles. The van der Waals surface area contributed by atoms with Crippen LogP contribution in [0.2, 0.25) is 10.0 Å². The number of hydrogen-bond acceptors (Lipinski definition) is 4. The number of imide groups is 1. The van der Waals surface area contributed by atoms with Gasteiger partial charge >= 0.3 is 0 Å². The third-order valence-electron chi connectivity index (χ3n) is 4.67. The van der Waals surface area contributed by atoms with E-state index in [0.29, 0.717) is 22.0 Å². The third-order valence-corrected chi connectivity index (χ3v) is 6.37. The summed E-state index contributed by atoms with van der Waals surface area (Å²) in [6, 6.07) is 8.73. The lowest BCUT2D eigenvalue weighted by Gasteiger charge is -2.29.